The van der Waals surface area contributed by atoms with Crippen LogP contribution in [0.1, 0.15) is 17.3 Å². The lowest BCUT2D eigenvalue weighted by atomic mass is 10.1. The van der Waals surface area contributed by atoms with E-state index >= 15 is 0 Å². The molecule has 1 atom stereocenters. The Hall–Kier alpha value is -1.55. The van der Waals surface area contributed by atoms with Crippen LogP contribution >= 0.6 is 0 Å². The van der Waals surface area contributed by atoms with Crippen molar-refractivity contribution in [2.75, 3.05) is 25.5 Å². The van der Waals surface area contributed by atoms with Gasteiger partial charge in [0, 0.05) is 12.2 Å². The van der Waals surface area contributed by atoms with E-state index in [0.717, 1.165) is 12.2 Å². The number of ether oxygens (including phenoxy) is 1. The van der Waals surface area contributed by atoms with E-state index in [1.807, 2.05) is 12.1 Å². The van der Waals surface area contributed by atoms with Gasteiger partial charge in [-0.25, -0.2) is 4.79 Å². The van der Waals surface area contributed by atoms with Crippen molar-refractivity contribution in [1.29, 1.82) is 0 Å². The van der Waals surface area contributed by atoms with Crippen LogP contribution in [0.3, 0.4) is 0 Å². The van der Waals surface area contributed by atoms with Gasteiger partial charge in [-0.1, -0.05) is 13.0 Å². The number of carbonyl (C=O) groups excluding carboxylic acids is 1. The molecule has 0 aliphatic carbocycles. The van der Waals surface area contributed by atoms with E-state index < -0.39 is 0 Å². The predicted octanol–water partition coefficient (Wildman–Crippen LogP) is 1.48. The topological polar surface area (TPSA) is 64.3 Å². The number of esters is 1. The van der Waals surface area contributed by atoms with Gasteiger partial charge in [0.25, 0.3) is 0 Å². The molecule has 88 valence electrons. The first kappa shape index (κ1) is 12.5. The molecule has 0 amide bonds. The third kappa shape index (κ3) is 3.55. The molecule has 3 N–H and O–H groups in total. The van der Waals surface area contributed by atoms with Crippen LogP contribution in [0.25, 0.3) is 0 Å². The van der Waals surface area contributed by atoms with Gasteiger partial charge in [-0.3, -0.25) is 0 Å². The van der Waals surface area contributed by atoms with Gasteiger partial charge in [0.05, 0.1) is 12.7 Å². The first-order valence-electron chi connectivity index (χ1n) is 5.29. The maximum absolute atomic E-state index is 11.3. The summed E-state index contributed by atoms with van der Waals surface area (Å²) < 4.78 is 4.65. The highest BCUT2D eigenvalue weighted by Crippen LogP contribution is 2.11. The van der Waals surface area contributed by atoms with Crippen molar-refractivity contribution in [2.45, 2.75) is 6.92 Å². The second-order valence-electron chi connectivity index (χ2n) is 3.79. The minimum atomic E-state index is -0.324. The van der Waals surface area contributed by atoms with Crippen LogP contribution < -0.4 is 11.1 Å². The lowest BCUT2D eigenvalue weighted by Crippen LogP contribution is -2.19. The second kappa shape index (κ2) is 6.12. The Morgan fingerprint density at radius 1 is 1.56 bits per heavy atom. The maximum Gasteiger partial charge on any atom is 0.337 e. The van der Waals surface area contributed by atoms with Gasteiger partial charge in [-0.2, -0.15) is 0 Å². The smallest absolute Gasteiger partial charge is 0.337 e. The number of carbonyl (C=O) groups is 1. The summed E-state index contributed by atoms with van der Waals surface area (Å²) in [6, 6.07) is 7.23. The molecule has 1 unspecified atom stereocenters. The van der Waals surface area contributed by atoms with Gasteiger partial charge in [0.15, 0.2) is 0 Å². The van der Waals surface area contributed by atoms with Gasteiger partial charge in [-0.15, -0.1) is 0 Å². The number of benzene rings is 1. The molecule has 0 saturated heterocycles. The Kier molecular flexibility index (Phi) is 4.79. The monoisotopic (exact) mass is 222 g/mol. The molecular formula is C12H18N2O2. The summed E-state index contributed by atoms with van der Waals surface area (Å²) in [6.07, 6.45) is 0. The third-order valence-corrected chi connectivity index (χ3v) is 2.34. The molecule has 0 heterocycles. The minimum absolute atomic E-state index is 0.324. The number of nitrogens with two attached hydrogens (primary N) is 1. The SMILES string of the molecule is COC(=O)c1cccc(NCC(C)CN)c1. The van der Waals surface area contributed by atoms with E-state index in [1.165, 1.54) is 7.11 Å². The molecule has 0 aliphatic rings. The summed E-state index contributed by atoms with van der Waals surface area (Å²) in [6.45, 7) is 3.50. The molecule has 16 heavy (non-hydrogen) atoms. The number of rotatable bonds is 5. The summed E-state index contributed by atoms with van der Waals surface area (Å²) in [5.74, 6) is 0.0808. The summed E-state index contributed by atoms with van der Waals surface area (Å²) in [5, 5.41) is 3.23. The molecular weight excluding hydrogens is 204 g/mol. The zero-order chi connectivity index (χ0) is 12.0. The molecule has 0 aromatic heterocycles. The quantitative estimate of drug-likeness (QED) is 0.741. The highest BCUT2D eigenvalue weighted by atomic mass is 16.5. The minimum Gasteiger partial charge on any atom is -0.465 e. The van der Waals surface area contributed by atoms with Crippen molar-refractivity contribution in [1.82, 2.24) is 0 Å². The Morgan fingerprint density at radius 3 is 2.94 bits per heavy atom. The predicted molar refractivity (Wildman–Crippen MR) is 64.5 cm³/mol. The Bertz CT molecular complexity index is 353. The fourth-order valence-corrected chi connectivity index (χ4v) is 1.25. The molecule has 0 saturated carbocycles. The van der Waals surface area contributed by atoms with Crippen LogP contribution in [0.15, 0.2) is 24.3 Å². The van der Waals surface area contributed by atoms with Crippen LogP contribution in [0.4, 0.5) is 5.69 Å². The Labute approximate surface area is 95.8 Å². The van der Waals surface area contributed by atoms with Crippen LogP contribution in [0, 0.1) is 5.92 Å². The fraction of sp³-hybridized carbons (Fsp3) is 0.417. The number of anilines is 1. The van der Waals surface area contributed by atoms with Crippen LogP contribution in [0.2, 0.25) is 0 Å². The Morgan fingerprint density at radius 2 is 2.31 bits per heavy atom. The zero-order valence-corrected chi connectivity index (χ0v) is 9.69. The standard InChI is InChI=1S/C12H18N2O2/c1-9(7-13)8-14-11-5-3-4-10(6-11)12(15)16-2/h3-6,9,14H,7-8,13H2,1-2H3. The molecule has 1 rings (SSSR count). The molecule has 0 spiro atoms. The summed E-state index contributed by atoms with van der Waals surface area (Å²) in [4.78, 5) is 11.3. The van der Waals surface area contributed by atoms with Gasteiger partial charge in [0.1, 0.15) is 0 Å². The first-order valence-corrected chi connectivity index (χ1v) is 5.29. The lowest BCUT2D eigenvalue weighted by Gasteiger charge is -2.11. The van der Waals surface area contributed by atoms with Crippen LogP contribution in [0.5, 0.6) is 0 Å². The summed E-state index contributed by atoms with van der Waals surface area (Å²) in [7, 11) is 1.37. The average Bonchev–Trinajstić information content (AvgIpc) is 2.35. The highest BCUT2D eigenvalue weighted by Gasteiger charge is 2.05. The van der Waals surface area contributed by atoms with Gasteiger partial charge < -0.3 is 15.8 Å². The second-order valence-corrected chi connectivity index (χ2v) is 3.79. The Balaban J connectivity index is 2.64. The third-order valence-electron chi connectivity index (χ3n) is 2.34. The number of hydrogen-bond donors (Lipinski definition) is 2. The van der Waals surface area contributed by atoms with Gasteiger partial charge in [-0.05, 0) is 30.7 Å². The van der Waals surface area contributed by atoms with Crippen molar-refractivity contribution in [3.8, 4) is 0 Å². The van der Waals surface area contributed by atoms with Gasteiger partial charge in [0.2, 0.25) is 0 Å². The number of hydrogen-bond acceptors (Lipinski definition) is 4. The van der Waals surface area contributed by atoms with E-state index in [-0.39, 0.29) is 5.97 Å². The molecule has 0 radical (unpaired) electrons. The number of methoxy groups -OCH3 is 1. The molecule has 4 heteroatoms. The zero-order valence-electron chi connectivity index (χ0n) is 9.69. The molecule has 0 fully saturated rings. The molecule has 0 aliphatic heterocycles. The van der Waals surface area contributed by atoms with E-state index in [0.29, 0.717) is 18.0 Å². The van der Waals surface area contributed by atoms with Crippen molar-refractivity contribution in [3.05, 3.63) is 29.8 Å². The van der Waals surface area contributed by atoms with E-state index in [9.17, 15) is 4.79 Å². The number of nitrogens with one attached hydrogen (secondary N) is 1. The van der Waals surface area contributed by atoms with Crippen LogP contribution in [-0.2, 0) is 4.74 Å². The van der Waals surface area contributed by atoms with Crippen molar-refractivity contribution in [2.24, 2.45) is 11.7 Å². The molecule has 1 aromatic carbocycles. The van der Waals surface area contributed by atoms with Crippen LogP contribution in [-0.4, -0.2) is 26.2 Å². The highest BCUT2D eigenvalue weighted by molar-refractivity contribution is 5.90. The normalized spacial score (nSPS) is 11.9. The van der Waals surface area contributed by atoms with Gasteiger partial charge >= 0.3 is 5.97 Å². The fourth-order valence-electron chi connectivity index (χ4n) is 1.25. The maximum atomic E-state index is 11.3. The molecule has 0 bridgehead atoms. The van der Waals surface area contributed by atoms with E-state index in [1.54, 1.807) is 12.1 Å². The molecule has 4 nitrogen and oxygen atoms in total. The molecule has 1 aromatic rings. The summed E-state index contributed by atoms with van der Waals surface area (Å²) >= 11 is 0. The average molecular weight is 222 g/mol. The lowest BCUT2D eigenvalue weighted by molar-refractivity contribution is 0.0601. The van der Waals surface area contributed by atoms with Crippen molar-refractivity contribution < 1.29 is 9.53 Å². The largest absolute Gasteiger partial charge is 0.465 e. The van der Waals surface area contributed by atoms with E-state index in [4.69, 9.17) is 5.73 Å². The summed E-state index contributed by atoms with van der Waals surface area (Å²) in [5.41, 5.74) is 6.98. The first-order chi connectivity index (χ1) is 7.67. The van der Waals surface area contributed by atoms with E-state index in [2.05, 4.69) is 17.0 Å². The van der Waals surface area contributed by atoms with Crippen molar-refractivity contribution >= 4 is 11.7 Å². The van der Waals surface area contributed by atoms with Crippen molar-refractivity contribution in [3.63, 3.8) is 0 Å².